The number of phosphoric ester groups is 1. The van der Waals surface area contributed by atoms with Crippen LogP contribution < -0.4 is 5.73 Å². The number of carbonyl (C=O) groups is 1. The molecule has 0 radical (unpaired) electrons. The number of unbranched alkanes of at least 4 members (excludes halogenated alkanes) is 34. The van der Waals surface area contributed by atoms with Crippen LogP contribution in [0.5, 0.6) is 0 Å². The van der Waals surface area contributed by atoms with Crippen molar-refractivity contribution in [2.24, 2.45) is 5.73 Å². The number of carbonyl (C=O) groups excluding carboxylic acids is 1. The third-order valence-electron chi connectivity index (χ3n) is 12.1. The van der Waals surface area contributed by atoms with Crippen LogP contribution in [0.15, 0.2) is 36.5 Å². The van der Waals surface area contributed by atoms with Crippen LogP contribution in [0.4, 0.5) is 0 Å². The topological polar surface area (TPSA) is 117 Å². The van der Waals surface area contributed by atoms with Gasteiger partial charge in [-0.3, -0.25) is 13.8 Å². The minimum atomic E-state index is -4.28. The molecule has 0 aromatic heterocycles. The molecule has 0 rings (SSSR count). The standard InChI is InChI=1S/C55H106NO7P/c1-3-5-7-9-11-13-15-17-19-21-23-25-26-27-29-31-33-35-37-39-41-43-45-47-50-60-52-54(53-62-64(58,59)61-51-49-56)63-55(57)48-46-44-42-40-38-36-34-32-30-28-24-22-20-18-16-14-12-10-8-6-4-2/h15,17,21,23,26-27,54H,3-14,16,18-20,22,24-25,28-53,56H2,1-2H3,(H,58,59)/b17-15-,23-21-,27-26-. The third kappa shape index (κ3) is 51.7. The first-order valence-corrected chi connectivity index (χ1v) is 29.0. The van der Waals surface area contributed by atoms with Crippen molar-refractivity contribution in [1.82, 2.24) is 0 Å². The van der Waals surface area contributed by atoms with Crippen molar-refractivity contribution in [3.63, 3.8) is 0 Å². The smallest absolute Gasteiger partial charge is 0.457 e. The number of ether oxygens (including phenoxy) is 2. The highest BCUT2D eigenvalue weighted by Crippen LogP contribution is 2.43. The molecule has 9 heteroatoms. The van der Waals surface area contributed by atoms with Crippen LogP contribution in [0.3, 0.4) is 0 Å². The lowest BCUT2D eigenvalue weighted by Gasteiger charge is -2.20. The predicted octanol–water partition coefficient (Wildman–Crippen LogP) is 17.3. The first-order chi connectivity index (χ1) is 31.4. The SMILES string of the molecule is CCCCCCC/C=C\C/C=C\C/C=C\CCCCCCCCCCCOCC(COP(=O)(O)OCCN)OC(=O)CCCCCCCCCCCCCCCCCCCCCCC. The molecule has 0 aliphatic carbocycles. The van der Waals surface area contributed by atoms with Gasteiger partial charge in [-0.15, -0.1) is 0 Å². The zero-order valence-corrected chi connectivity index (χ0v) is 43.2. The zero-order chi connectivity index (χ0) is 46.5. The first kappa shape index (κ1) is 62.7. The van der Waals surface area contributed by atoms with Crippen molar-refractivity contribution >= 4 is 13.8 Å². The zero-order valence-electron chi connectivity index (χ0n) is 42.3. The molecule has 3 N–H and O–H groups in total. The van der Waals surface area contributed by atoms with Gasteiger partial charge in [-0.2, -0.15) is 0 Å². The largest absolute Gasteiger partial charge is 0.472 e. The molecule has 0 fully saturated rings. The van der Waals surface area contributed by atoms with Crippen LogP contribution in [0.1, 0.15) is 271 Å². The van der Waals surface area contributed by atoms with Crippen molar-refractivity contribution in [2.75, 3.05) is 33.0 Å². The Hall–Kier alpha value is -1.28. The molecule has 2 atom stereocenters. The van der Waals surface area contributed by atoms with E-state index in [0.717, 1.165) is 44.9 Å². The van der Waals surface area contributed by atoms with Crippen molar-refractivity contribution < 1.29 is 32.8 Å². The van der Waals surface area contributed by atoms with Crippen LogP contribution in [-0.2, 0) is 27.9 Å². The van der Waals surface area contributed by atoms with E-state index in [1.54, 1.807) is 0 Å². The van der Waals surface area contributed by atoms with E-state index in [1.165, 1.54) is 205 Å². The Bertz CT molecular complexity index is 1080. The minimum absolute atomic E-state index is 0.0951. The van der Waals surface area contributed by atoms with Crippen LogP contribution in [0.25, 0.3) is 0 Å². The highest BCUT2D eigenvalue weighted by Gasteiger charge is 2.25. The van der Waals surface area contributed by atoms with Crippen LogP contribution in [0.2, 0.25) is 0 Å². The molecule has 0 saturated heterocycles. The molecule has 0 aromatic carbocycles. The van der Waals surface area contributed by atoms with Gasteiger partial charge >= 0.3 is 13.8 Å². The van der Waals surface area contributed by atoms with Gasteiger partial charge in [0.15, 0.2) is 0 Å². The monoisotopic (exact) mass is 924 g/mol. The Balaban J connectivity index is 3.90. The normalized spacial score (nSPS) is 13.5. The molecule has 0 heterocycles. The summed E-state index contributed by atoms with van der Waals surface area (Å²) < 4.78 is 33.7. The first-order valence-electron chi connectivity index (χ1n) is 27.5. The van der Waals surface area contributed by atoms with Crippen molar-refractivity contribution in [3.05, 3.63) is 36.5 Å². The summed E-state index contributed by atoms with van der Waals surface area (Å²) >= 11 is 0. The fraction of sp³-hybridized carbons (Fsp3) is 0.873. The van der Waals surface area contributed by atoms with Gasteiger partial charge < -0.3 is 20.1 Å². The second-order valence-electron chi connectivity index (χ2n) is 18.5. The average molecular weight is 924 g/mol. The number of hydrogen-bond acceptors (Lipinski definition) is 7. The van der Waals surface area contributed by atoms with Crippen molar-refractivity contribution in [1.29, 1.82) is 0 Å². The molecule has 0 aromatic rings. The Labute approximate surface area is 397 Å². The van der Waals surface area contributed by atoms with Crippen molar-refractivity contribution in [3.8, 4) is 0 Å². The molecule has 378 valence electrons. The summed E-state index contributed by atoms with van der Waals surface area (Å²) in [6.45, 7) is 4.95. The van der Waals surface area contributed by atoms with Crippen molar-refractivity contribution in [2.45, 2.75) is 277 Å². The fourth-order valence-corrected chi connectivity index (χ4v) is 8.77. The van der Waals surface area contributed by atoms with E-state index in [1.807, 2.05) is 0 Å². The molecule has 0 aliphatic rings. The highest BCUT2D eigenvalue weighted by molar-refractivity contribution is 7.47. The molecular formula is C55H106NO7P. The van der Waals surface area contributed by atoms with Crippen LogP contribution in [0, 0.1) is 0 Å². The number of nitrogens with two attached hydrogens (primary N) is 1. The summed E-state index contributed by atoms with van der Waals surface area (Å²) in [5.74, 6) is -0.326. The number of esters is 1. The Morgan fingerprint density at radius 1 is 0.469 bits per heavy atom. The maximum Gasteiger partial charge on any atom is 0.472 e. The molecule has 0 saturated carbocycles. The third-order valence-corrected chi connectivity index (χ3v) is 13.0. The molecule has 0 bridgehead atoms. The van der Waals surface area contributed by atoms with Gasteiger partial charge in [0.1, 0.15) is 6.10 Å². The van der Waals surface area contributed by atoms with E-state index in [4.69, 9.17) is 24.3 Å². The van der Waals surface area contributed by atoms with Gasteiger partial charge in [-0.1, -0.05) is 249 Å². The predicted molar refractivity (Wildman–Crippen MR) is 275 cm³/mol. The molecule has 2 unspecified atom stereocenters. The van der Waals surface area contributed by atoms with E-state index in [-0.39, 0.29) is 32.3 Å². The average Bonchev–Trinajstić information content (AvgIpc) is 3.29. The van der Waals surface area contributed by atoms with Gasteiger partial charge in [-0.05, 0) is 51.4 Å². The van der Waals surface area contributed by atoms with E-state index in [2.05, 4.69) is 50.3 Å². The van der Waals surface area contributed by atoms with Crippen LogP contribution >= 0.6 is 7.82 Å². The lowest BCUT2D eigenvalue weighted by molar-refractivity contribution is -0.154. The molecule has 0 amide bonds. The van der Waals surface area contributed by atoms with Gasteiger partial charge in [0.05, 0.1) is 19.8 Å². The summed E-state index contributed by atoms with van der Waals surface area (Å²) in [5, 5.41) is 0. The molecule has 0 spiro atoms. The number of hydrogen-bond donors (Lipinski definition) is 2. The van der Waals surface area contributed by atoms with E-state index in [0.29, 0.717) is 13.0 Å². The second-order valence-corrected chi connectivity index (χ2v) is 19.9. The molecule has 8 nitrogen and oxygen atoms in total. The molecular weight excluding hydrogens is 818 g/mol. The molecule has 64 heavy (non-hydrogen) atoms. The summed E-state index contributed by atoms with van der Waals surface area (Å²) in [4.78, 5) is 22.6. The Kier molecular flexibility index (Phi) is 51.6. The van der Waals surface area contributed by atoms with Gasteiger partial charge in [0.2, 0.25) is 0 Å². The summed E-state index contributed by atoms with van der Waals surface area (Å²) in [6, 6.07) is 0. The van der Waals surface area contributed by atoms with Gasteiger partial charge in [0.25, 0.3) is 0 Å². The lowest BCUT2D eigenvalue weighted by atomic mass is 10.0. The van der Waals surface area contributed by atoms with Gasteiger partial charge in [-0.25, -0.2) is 4.57 Å². The van der Waals surface area contributed by atoms with Crippen LogP contribution in [-0.4, -0.2) is 49.9 Å². The number of allylic oxidation sites excluding steroid dienone is 6. The fourth-order valence-electron chi connectivity index (χ4n) is 8.01. The Morgan fingerprint density at radius 3 is 1.23 bits per heavy atom. The Morgan fingerprint density at radius 2 is 0.828 bits per heavy atom. The number of rotatable bonds is 53. The maximum atomic E-state index is 12.7. The lowest BCUT2D eigenvalue weighted by Crippen LogP contribution is -2.28. The second kappa shape index (κ2) is 52.7. The van der Waals surface area contributed by atoms with E-state index < -0.39 is 13.9 Å². The highest BCUT2D eigenvalue weighted by atomic mass is 31.2. The van der Waals surface area contributed by atoms with E-state index in [9.17, 15) is 14.3 Å². The molecule has 0 aliphatic heterocycles. The summed E-state index contributed by atoms with van der Waals surface area (Å²) in [7, 11) is -4.28. The van der Waals surface area contributed by atoms with Gasteiger partial charge in [0, 0.05) is 19.6 Å². The number of phosphoric acid groups is 1. The maximum absolute atomic E-state index is 12.7. The summed E-state index contributed by atoms with van der Waals surface area (Å²) in [5.41, 5.74) is 5.40. The summed E-state index contributed by atoms with van der Waals surface area (Å²) in [6.07, 6.45) is 63.3. The minimum Gasteiger partial charge on any atom is -0.457 e. The quantitative estimate of drug-likeness (QED) is 0.0268. The van der Waals surface area contributed by atoms with E-state index >= 15 is 0 Å².